The van der Waals surface area contributed by atoms with Crippen molar-refractivity contribution in [1.82, 2.24) is 0 Å². The minimum atomic E-state index is -0.575. The molecule has 1 saturated carbocycles. The second-order valence-electron chi connectivity index (χ2n) is 4.80. The smallest absolute Gasteiger partial charge is 0.165 e. The van der Waals surface area contributed by atoms with Gasteiger partial charge < -0.3 is 14.6 Å². The van der Waals surface area contributed by atoms with Crippen LogP contribution in [0.4, 0.5) is 0 Å². The zero-order chi connectivity index (χ0) is 11.9. The minimum Gasteiger partial charge on any atom is -0.490 e. The summed E-state index contributed by atoms with van der Waals surface area (Å²) < 4.78 is 11.3. The fourth-order valence-electron chi connectivity index (χ4n) is 2.08. The zero-order valence-electron chi connectivity index (χ0n) is 9.54. The number of ether oxygens (including phenoxy) is 2. The normalized spacial score (nSPS) is 20.8. The lowest BCUT2D eigenvalue weighted by molar-refractivity contribution is 0.149. The first-order valence-corrected chi connectivity index (χ1v) is 6.35. The Balaban J connectivity index is 1.99. The second-order valence-corrected chi connectivity index (χ2v) is 5.21. The van der Waals surface area contributed by atoms with E-state index in [9.17, 15) is 5.11 Å². The fraction of sp³-hybridized carbons (Fsp3) is 0.538. The number of halogens is 1. The number of benzene rings is 1. The molecule has 0 unspecified atom stereocenters. The molecule has 0 bridgehead atoms. The van der Waals surface area contributed by atoms with Crippen molar-refractivity contribution in [1.29, 1.82) is 0 Å². The van der Waals surface area contributed by atoms with Crippen molar-refractivity contribution in [3.8, 4) is 11.5 Å². The summed E-state index contributed by atoms with van der Waals surface area (Å²) in [6, 6.07) is 3.65. The lowest BCUT2D eigenvalue weighted by atomic mass is 10.0. The molecule has 1 aliphatic carbocycles. The van der Waals surface area contributed by atoms with E-state index in [2.05, 4.69) is 0 Å². The molecule has 0 spiro atoms. The Hall–Kier alpha value is -0.930. The molecule has 0 atom stereocenters. The first-order valence-electron chi connectivity index (χ1n) is 5.97. The maximum atomic E-state index is 10.0. The van der Waals surface area contributed by atoms with Gasteiger partial charge in [0, 0.05) is 23.4 Å². The molecule has 0 aromatic heterocycles. The van der Waals surface area contributed by atoms with E-state index in [0.717, 1.165) is 36.3 Å². The average molecular weight is 255 g/mol. The monoisotopic (exact) mass is 254 g/mol. The molecule has 1 N–H and O–H groups in total. The largest absolute Gasteiger partial charge is 0.490 e. The van der Waals surface area contributed by atoms with Gasteiger partial charge in [0.2, 0.25) is 0 Å². The van der Waals surface area contributed by atoms with E-state index in [4.69, 9.17) is 21.1 Å². The van der Waals surface area contributed by atoms with Crippen LogP contribution in [0.5, 0.6) is 11.5 Å². The van der Waals surface area contributed by atoms with Crippen LogP contribution in [0.15, 0.2) is 12.1 Å². The molecule has 0 saturated heterocycles. The van der Waals surface area contributed by atoms with Crippen molar-refractivity contribution in [2.75, 3.05) is 13.2 Å². The highest BCUT2D eigenvalue weighted by molar-refractivity contribution is 6.31. The highest BCUT2D eigenvalue weighted by Crippen LogP contribution is 2.45. The summed E-state index contributed by atoms with van der Waals surface area (Å²) in [7, 11) is 0. The Kier molecular flexibility index (Phi) is 2.68. The average Bonchev–Trinajstić information content (AvgIpc) is 3.06. The van der Waals surface area contributed by atoms with E-state index in [1.807, 2.05) is 12.1 Å². The highest BCUT2D eigenvalue weighted by atomic mass is 35.5. The lowest BCUT2D eigenvalue weighted by Gasteiger charge is -2.16. The van der Waals surface area contributed by atoms with Crippen LogP contribution in [0.25, 0.3) is 0 Å². The summed E-state index contributed by atoms with van der Waals surface area (Å²) in [6.45, 7) is 1.30. The quantitative estimate of drug-likeness (QED) is 0.882. The maximum absolute atomic E-state index is 10.0. The van der Waals surface area contributed by atoms with E-state index >= 15 is 0 Å². The van der Waals surface area contributed by atoms with Crippen LogP contribution in [0, 0.1) is 0 Å². The maximum Gasteiger partial charge on any atom is 0.165 e. The molecule has 0 radical (unpaired) electrons. The molecule has 3 rings (SSSR count). The van der Waals surface area contributed by atoms with Gasteiger partial charge in [0.25, 0.3) is 0 Å². The van der Waals surface area contributed by atoms with Gasteiger partial charge in [-0.2, -0.15) is 0 Å². The van der Waals surface area contributed by atoms with Gasteiger partial charge in [0.05, 0.1) is 18.8 Å². The Morgan fingerprint density at radius 2 is 2.00 bits per heavy atom. The number of aliphatic hydroxyl groups is 1. The molecule has 1 fully saturated rings. The summed E-state index contributed by atoms with van der Waals surface area (Å²) in [5.74, 6) is 1.46. The van der Waals surface area contributed by atoms with Crippen LogP contribution in [-0.2, 0) is 6.42 Å². The third-order valence-corrected chi connectivity index (χ3v) is 3.65. The molecule has 1 heterocycles. The molecular weight excluding hydrogens is 240 g/mol. The van der Waals surface area contributed by atoms with E-state index in [1.165, 1.54) is 0 Å². The molecule has 92 valence electrons. The molecular formula is C13H15ClO3. The third-order valence-electron chi connectivity index (χ3n) is 3.29. The number of hydrogen-bond donors (Lipinski definition) is 1. The van der Waals surface area contributed by atoms with Crippen LogP contribution >= 0.6 is 11.6 Å². The summed E-state index contributed by atoms with van der Waals surface area (Å²) in [6.07, 6.45) is 3.11. The van der Waals surface area contributed by atoms with E-state index in [0.29, 0.717) is 24.7 Å². The van der Waals surface area contributed by atoms with Crippen LogP contribution < -0.4 is 9.47 Å². The summed E-state index contributed by atoms with van der Waals surface area (Å²) in [5.41, 5.74) is 0.306. The molecule has 4 heteroatoms. The van der Waals surface area contributed by atoms with Crippen molar-refractivity contribution >= 4 is 11.6 Å². The molecule has 0 amide bonds. The van der Waals surface area contributed by atoms with Gasteiger partial charge in [-0.1, -0.05) is 11.6 Å². The Bertz CT molecular complexity index is 441. The van der Waals surface area contributed by atoms with Gasteiger partial charge in [0.15, 0.2) is 11.5 Å². The molecule has 1 aromatic rings. The molecule has 2 aliphatic rings. The van der Waals surface area contributed by atoms with Crippen molar-refractivity contribution in [2.24, 2.45) is 0 Å². The fourth-order valence-corrected chi connectivity index (χ4v) is 2.30. The summed E-state index contributed by atoms with van der Waals surface area (Å²) in [4.78, 5) is 0. The van der Waals surface area contributed by atoms with Gasteiger partial charge in [-0.25, -0.2) is 0 Å². The SMILES string of the molecule is OC1(Cc2c(Cl)ccc3c2OCCCO3)CC1. The lowest BCUT2D eigenvalue weighted by Crippen LogP contribution is -2.12. The predicted octanol–water partition coefficient (Wildman–Crippen LogP) is 2.57. The minimum absolute atomic E-state index is 0.554. The Labute approximate surface area is 105 Å². The standard InChI is InChI=1S/C13H15ClO3/c14-10-2-3-11-12(17-7-1-6-16-11)9(10)8-13(15)4-5-13/h2-3,15H,1,4-8H2. The van der Waals surface area contributed by atoms with E-state index in [1.54, 1.807) is 0 Å². The van der Waals surface area contributed by atoms with Gasteiger partial charge in [-0.05, 0) is 25.0 Å². The Morgan fingerprint density at radius 1 is 1.24 bits per heavy atom. The van der Waals surface area contributed by atoms with Crippen LogP contribution in [0.1, 0.15) is 24.8 Å². The van der Waals surface area contributed by atoms with Gasteiger partial charge in [-0.3, -0.25) is 0 Å². The zero-order valence-corrected chi connectivity index (χ0v) is 10.3. The van der Waals surface area contributed by atoms with Gasteiger partial charge in [-0.15, -0.1) is 0 Å². The summed E-state index contributed by atoms with van der Waals surface area (Å²) >= 11 is 6.20. The van der Waals surface area contributed by atoms with Crippen molar-refractivity contribution in [2.45, 2.75) is 31.3 Å². The second kappa shape index (κ2) is 4.07. The van der Waals surface area contributed by atoms with Crippen LogP contribution in [-0.4, -0.2) is 23.9 Å². The highest BCUT2D eigenvalue weighted by Gasteiger charge is 2.41. The topological polar surface area (TPSA) is 38.7 Å². The van der Waals surface area contributed by atoms with E-state index in [-0.39, 0.29) is 0 Å². The predicted molar refractivity (Wildman–Crippen MR) is 64.9 cm³/mol. The molecule has 17 heavy (non-hydrogen) atoms. The molecule has 3 nitrogen and oxygen atoms in total. The first-order chi connectivity index (χ1) is 8.18. The van der Waals surface area contributed by atoms with Crippen molar-refractivity contribution in [3.63, 3.8) is 0 Å². The number of rotatable bonds is 2. The van der Waals surface area contributed by atoms with Gasteiger partial charge >= 0.3 is 0 Å². The van der Waals surface area contributed by atoms with Crippen LogP contribution in [0.2, 0.25) is 5.02 Å². The first kappa shape index (κ1) is 11.2. The summed E-state index contributed by atoms with van der Waals surface area (Å²) in [5, 5.41) is 10.7. The number of hydrogen-bond acceptors (Lipinski definition) is 3. The molecule has 1 aromatic carbocycles. The Morgan fingerprint density at radius 3 is 2.76 bits per heavy atom. The molecule has 1 aliphatic heterocycles. The number of fused-ring (bicyclic) bond motifs is 1. The van der Waals surface area contributed by atoms with Crippen molar-refractivity contribution < 1.29 is 14.6 Å². The van der Waals surface area contributed by atoms with E-state index < -0.39 is 5.60 Å². The third kappa shape index (κ3) is 2.22. The van der Waals surface area contributed by atoms with Crippen molar-refractivity contribution in [3.05, 3.63) is 22.7 Å². The van der Waals surface area contributed by atoms with Gasteiger partial charge in [0.1, 0.15) is 0 Å². The van der Waals surface area contributed by atoms with Crippen LogP contribution in [0.3, 0.4) is 0 Å².